The molecule has 7 nitrogen and oxygen atoms in total. The summed E-state index contributed by atoms with van der Waals surface area (Å²) < 4.78 is 31.8. The lowest BCUT2D eigenvalue weighted by molar-refractivity contribution is 0.397. The van der Waals surface area contributed by atoms with Crippen molar-refractivity contribution in [2.45, 2.75) is 17.7 Å². The second-order valence-electron chi connectivity index (χ2n) is 3.91. The first-order chi connectivity index (χ1) is 9.44. The average Bonchev–Trinajstić information content (AvgIpc) is 2.87. The van der Waals surface area contributed by atoms with Crippen LogP contribution in [0.25, 0.3) is 0 Å². The molecule has 3 N–H and O–H groups in total. The van der Waals surface area contributed by atoms with E-state index in [-0.39, 0.29) is 10.2 Å². The Morgan fingerprint density at radius 2 is 2.15 bits per heavy atom. The first kappa shape index (κ1) is 14.7. The molecule has 108 valence electrons. The smallest absolute Gasteiger partial charge is 0.273 e. The quantitative estimate of drug-likeness (QED) is 0.856. The summed E-state index contributed by atoms with van der Waals surface area (Å²) in [6, 6.07) is 4.79. The lowest BCUT2D eigenvalue weighted by Gasteiger charge is -2.07. The van der Waals surface area contributed by atoms with Gasteiger partial charge in [0.15, 0.2) is 0 Å². The second kappa shape index (κ2) is 5.73. The minimum atomic E-state index is -3.71. The zero-order valence-electron chi connectivity index (χ0n) is 11.0. The fourth-order valence-corrected chi connectivity index (χ4v) is 3.65. The standard InChI is InChI=1S/C11H14N4O3S2/c1-7-5-9(18-2)14-11(13-7)15-20(16,17)10-4-3-8(6-12)19-10/h3-5H,6,12H2,1-2H3,(H,13,14,15). The Labute approximate surface area is 120 Å². The number of hydrogen-bond acceptors (Lipinski definition) is 7. The number of rotatable bonds is 5. The maximum absolute atomic E-state index is 12.2. The van der Waals surface area contributed by atoms with Gasteiger partial charge in [-0.05, 0) is 19.1 Å². The molecule has 0 unspecified atom stereocenters. The van der Waals surface area contributed by atoms with Crippen LogP contribution in [0.3, 0.4) is 0 Å². The zero-order chi connectivity index (χ0) is 14.8. The van der Waals surface area contributed by atoms with E-state index >= 15 is 0 Å². The minimum Gasteiger partial charge on any atom is -0.481 e. The summed E-state index contributed by atoms with van der Waals surface area (Å²) in [6.07, 6.45) is 0. The van der Waals surface area contributed by atoms with Crippen LogP contribution in [0.4, 0.5) is 5.95 Å². The van der Waals surface area contributed by atoms with Crippen LogP contribution in [0.15, 0.2) is 22.4 Å². The Kier molecular flexibility index (Phi) is 4.21. The molecule has 0 radical (unpaired) electrons. The van der Waals surface area contributed by atoms with E-state index < -0.39 is 10.0 Å². The van der Waals surface area contributed by atoms with Gasteiger partial charge in [0.2, 0.25) is 11.8 Å². The molecule has 0 atom stereocenters. The van der Waals surface area contributed by atoms with Gasteiger partial charge < -0.3 is 10.5 Å². The van der Waals surface area contributed by atoms with E-state index in [2.05, 4.69) is 14.7 Å². The van der Waals surface area contributed by atoms with Crippen LogP contribution in [0, 0.1) is 6.92 Å². The third-order valence-corrected chi connectivity index (χ3v) is 5.30. The third kappa shape index (κ3) is 3.24. The molecule has 0 saturated carbocycles. The van der Waals surface area contributed by atoms with E-state index in [1.807, 2.05) is 0 Å². The number of nitrogens with zero attached hydrogens (tertiary/aromatic N) is 2. The van der Waals surface area contributed by atoms with Crippen LogP contribution < -0.4 is 15.2 Å². The molecule has 0 spiro atoms. The van der Waals surface area contributed by atoms with E-state index in [1.165, 1.54) is 13.2 Å². The molecule has 0 aliphatic carbocycles. The highest BCUT2D eigenvalue weighted by atomic mass is 32.2. The van der Waals surface area contributed by atoms with Gasteiger partial charge in [0.05, 0.1) is 7.11 Å². The van der Waals surface area contributed by atoms with E-state index in [0.717, 1.165) is 16.2 Å². The van der Waals surface area contributed by atoms with Gasteiger partial charge in [-0.2, -0.15) is 4.98 Å². The number of nitrogens with two attached hydrogens (primary N) is 1. The van der Waals surface area contributed by atoms with Crippen LogP contribution in [-0.2, 0) is 16.6 Å². The first-order valence-electron chi connectivity index (χ1n) is 5.66. The molecule has 0 aromatic carbocycles. The van der Waals surface area contributed by atoms with Crippen molar-refractivity contribution >= 4 is 27.3 Å². The summed E-state index contributed by atoms with van der Waals surface area (Å²) in [5.41, 5.74) is 6.07. The fourth-order valence-electron chi connectivity index (χ4n) is 1.47. The van der Waals surface area contributed by atoms with Crippen molar-refractivity contribution in [1.82, 2.24) is 9.97 Å². The van der Waals surface area contributed by atoms with Crippen LogP contribution in [0.2, 0.25) is 0 Å². The highest BCUT2D eigenvalue weighted by Gasteiger charge is 2.18. The SMILES string of the molecule is COc1cc(C)nc(NS(=O)(=O)c2ccc(CN)s2)n1. The molecule has 0 aliphatic rings. The van der Waals surface area contributed by atoms with Gasteiger partial charge in [-0.3, -0.25) is 0 Å². The highest BCUT2D eigenvalue weighted by Crippen LogP contribution is 2.23. The van der Waals surface area contributed by atoms with Crippen LogP contribution >= 0.6 is 11.3 Å². The van der Waals surface area contributed by atoms with Gasteiger partial charge in [0, 0.05) is 23.2 Å². The first-order valence-corrected chi connectivity index (χ1v) is 7.96. The predicted octanol–water partition coefficient (Wildman–Crippen LogP) is 1.11. The molecule has 20 heavy (non-hydrogen) atoms. The van der Waals surface area contributed by atoms with Crippen molar-refractivity contribution in [2.24, 2.45) is 5.73 Å². The number of sulfonamides is 1. The molecule has 2 heterocycles. The van der Waals surface area contributed by atoms with E-state index in [1.54, 1.807) is 19.1 Å². The van der Waals surface area contributed by atoms with Crippen molar-refractivity contribution in [1.29, 1.82) is 0 Å². The number of anilines is 1. The third-order valence-electron chi connectivity index (χ3n) is 2.37. The molecular weight excluding hydrogens is 300 g/mol. The summed E-state index contributed by atoms with van der Waals surface area (Å²) >= 11 is 1.11. The second-order valence-corrected chi connectivity index (χ2v) is 6.98. The number of ether oxygens (including phenoxy) is 1. The van der Waals surface area contributed by atoms with Crippen molar-refractivity contribution < 1.29 is 13.2 Å². The monoisotopic (exact) mass is 314 g/mol. The molecule has 2 aromatic rings. The van der Waals surface area contributed by atoms with Crippen molar-refractivity contribution in [3.05, 3.63) is 28.8 Å². The van der Waals surface area contributed by atoms with Gasteiger partial charge in [-0.25, -0.2) is 18.1 Å². The molecule has 0 amide bonds. The number of aryl methyl sites for hydroxylation is 1. The van der Waals surface area contributed by atoms with Crippen molar-refractivity contribution in [3.8, 4) is 5.88 Å². The maximum Gasteiger partial charge on any atom is 0.273 e. The number of thiophene rings is 1. The van der Waals surface area contributed by atoms with Crippen LogP contribution in [0.5, 0.6) is 5.88 Å². The fraction of sp³-hybridized carbons (Fsp3) is 0.273. The summed E-state index contributed by atoms with van der Waals surface area (Å²) in [4.78, 5) is 8.75. The molecule has 9 heteroatoms. The topological polar surface area (TPSA) is 107 Å². The van der Waals surface area contributed by atoms with Crippen molar-refractivity contribution in [2.75, 3.05) is 11.8 Å². The molecule has 0 bridgehead atoms. The Bertz CT molecular complexity index is 712. The molecule has 0 fully saturated rings. The Morgan fingerprint density at radius 1 is 1.40 bits per heavy atom. The van der Waals surface area contributed by atoms with Crippen LogP contribution in [-0.4, -0.2) is 25.5 Å². The minimum absolute atomic E-state index is 0.0236. The van der Waals surface area contributed by atoms with Gasteiger partial charge in [-0.1, -0.05) is 0 Å². The number of aromatic nitrogens is 2. The largest absolute Gasteiger partial charge is 0.481 e. The Balaban J connectivity index is 2.30. The number of hydrogen-bond donors (Lipinski definition) is 2. The molecule has 2 aromatic heterocycles. The average molecular weight is 314 g/mol. The van der Waals surface area contributed by atoms with Gasteiger partial charge >= 0.3 is 0 Å². The molecule has 0 saturated heterocycles. The summed E-state index contributed by atoms with van der Waals surface area (Å²) in [6.45, 7) is 2.02. The Morgan fingerprint density at radius 3 is 2.75 bits per heavy atom. The van der Waals surface area contributed by atoms with Gasteiger partial charge in [0.25, 0.3) is 10.0 Å². The highest BCUT2D eigenvalue weighted by molar-refractivity contribution is 7.94. The lowest BCUT2D eigenvalue weighted by atomic mass is 10.4. The normalized spacial score (nSPS) is 11.3. The van der Waals surface area contributed by atoms with E-state index in [0.29, 0.717) is 18.1 Å². The van der Waals surface area contributed by atoms with Gasteiger partial charge in [0.1, 0.15) is 4.21 Å². The molecular formula is C11H14N4O3S2. The van der Waals surface area contributed by atoms with Crippen molar-refractivity contribution in [3.63, 3.8) is 0 Å². The maximum atomic E-state index is 12.2. The zero-order valence-corrected chi connectivity index (χ0v) is 12.6. The lowest BCUT2D eigenvalue weighted by Crippen LogP contribution is -2.14. The van der Waals surface area contributed by atoms with Gasteiger partial charge in [-0.15, -0.1) is 11.3 Å². The number of methoxy groups -OCH3 is 1. The number of nitrogens with one attached hydrogen (secondary N) is 1. The summed E-state index contributed by atoms with van der Waals surface area (Å²) in [5.74, 6) is 0.272. The molecule has 2 rings (SSSR count). The predicted molar refractivity (Wildman–Crippen MR) is 76.3 cm³/mol. The summed E-state index contributed by atoms with van der Waals surface area (Å²) in [5, 5.41) is 0. The Hall–Kier alpha value is -1.71. The van der Waals surface area contributed by atoms with E-state index in [4.69, 9.17) is 10.5 Å². The van der Waals surface area contributed by atoms with Crippen LogP contribution in [0.1, 0.15) is 10.6 Å². The summed E-state index contributed by atoms with van der Waals surface area (Å²) in [7, 11) is -2.26. The van der Waals surface area contributed by atoms with E-state index in [9.17, 15) is 8.42 Å². The molecule has 0 aliphatic heterocycles.